The van der Waals surface area contributed by atoms with E-state index < -0.39 is 0 Å². The highest BCUT2D eigenvalue weighted by molar-refractivity contribution is 5.84. The first kappa shape index (κ1) is 13.9. The standard InChI is InChI=1S/C17H20N2O2/c20-13-15-9-6-12-19(15)17(21)16(18-10-4-5-11-18)14-7-2-1-3-8-14/h1-5,7-8,10-11,15-16,20H,6,9,12-13H2/t15-,16+/m1/s1. The van der Waals surface area contributed by atoms with E-state index in [9.17, 15) is 9.90 Å². The van der Waals surface area contributed by atoms with E-state index in [4.69, 9.17) is 0 Å². The lowest BCUT2D eigenvalue weighted by Gasteiger charge is -2.29. The summed E-state index contributed by atoms with van der Waals surface area (Å²) in [5.74, 6) is 0.0638. The van der Waals surface area contributed by atoms with Crippen LogP contribution in [0, 0.1) is 0 Å². The molecule has 3 rings (SSSR count). The molecule has 0 bridgehead atoms. The van der Waals surface area contributed by atoms with Crippen molar-refractivity contribution in [3.63, 3.8) is 0 Å². The molecule has 110 valence electrons. The zero-order valence-electron chi connectivity index (χ0n) is 11.9. The number of aliphatic hydroxyl groups excluding tert-OH is 1. The molecule has 0 unspecified atom stereocenters. The molecule has 2 heterocycles. The van der Waals surface area contributed by atoms with Gasteiger partial charge < -0.3 is 14.6 Å². The molecule has 1 saturated heterocycles. The van der Waals surface area contributed by atoms with Gasteiger partial charge in [-0.05, 0) is 30.5 Å². The van der Waals surface area contributed by atoms with Crippen molar-refractivity contribution in [1.29, 1.82) is 0 Å². The normalized spacial score (nSPS) is 19.7. The maximum absolute atomic E-state index is 13.0. The summed E-state index contributed by atoms with van der Waals surface area (Å²) >= 11 is 0. The van der Waals surface area contributed by atoms with Crippen molar-refractivity contribution in [2.75, 3.05) is 13.2 Å². The molecule has 1 aliphatic heterocycles. The highest BCUT2D eigenvalue weighted by atomic mass is 16.3. The smallest absolute Gasteiger partial charge is 0.250 e. The van der Waals surface area contributed by atoms with Crippen LogP contribution in [0.15, 0.2) is 54.9 Å². The highest BCUT2D eigenvalue weighted by Crippen LogP contribution is 2.26. The van der Waals surface area contributed by atoms with Gasteiger partial charge in [-0.2, -0.15) is 0 Å². The Kier molecular flexibility index (Phi) is 4.06. The van der Waals surface area contributed by atoms with Gasteiger partial charge >= 0.3 is 0 Å². The van der Waals surface area contributed by atoms with Crippen molar-refractivity contribution in [2.45, 2.75) is 24.9 Å². The van der Waals surface area contributed by atoms with E-state index >= 15 is 0 Å². The van der Waals surface area contributed by atoms with Gasteiger partial charge in [0.1, 0.15) is 6.04 Å². The molecule has 1 aromatic heterocycles. The molecule has 0 spiro atoms. The van der Waals surface area contributed by atoms with Crippen LogP contribution in [0.4, 0.5) is 0 Å². The first-order valence-electron chi connectivity index (χ1n) is 7.40. The number of carbonyl (C=O) groups is 1. The van der Waals surface area contributed by atoms with Gasteiger partial charge in [0.15, 0.2) is 0 Å². The second-order valence-electron chi connectivity index (χ2n) is 5.45. The summed E-state index contributed by atoms with van der Waals surface area (Å²) in [6, 6.07) is 13.3. The highest BCUT2D eigenvalue weighted by Gasteiger charge is 2.33. The van der Waals surface area contributed by atoms with Gasteiger partial charge in [0.25, 0.3) is 5.91 Å². The summed E-state index contributed by atoms with van der Waals surface area (Å²) < 4.78 is 1.93. The van der Waals surface area contributed by atoms with E-state index in [0.29, 0.717) is 0 Å². The number of likely N-dealkylation sites (tertiary alicyclic amines) is 1. The van der Waals surface area contributed by atoms with Crippen LogP contribution >= 0.6 is 0 Å². The van der Waals surface area contributed by atoms with Crippen LogP contribution in [-0.2, 0) is 4.79 Å². The Balaban J connectivity index is 1.94. The molecule has 4 heteroatoms. The SMILES string of the molecule is O=C([C@H](c1ccccc1)n1cccc1)N1CCC[C@@H]1CO. The third-order valence-corrected chi connectivity index (χ3v) is 4.15. The first-order valence-corrected chi connectivity index (χ1v) is 7.40. The molecule has 2 atom stereocenters. The van der Waals surface area contributed by atoms with Crippen LogP contribution in [0.25, 0.3) is 0 Å². The van der Waals surface area contributed by atoms with Crippen molar-refractivity contribution in [3.8, 4) is 0 Å². The molecule has 1 fully saturated rings. The van der Waals surface area contributed by atoms with Crippen molar-refractivity contribution in [1.82, 2.24) is 9.47 Å². The molecule has 2 aromatic rings. The van der Waals surface area contributed by atoms with E-state index in [1.165, 1.54) is 0 Å². The third-order valence-electron chi connectivity index (χ3n) is 4.15. The lowest BCUT2D eigenvalue weighted by molar-refractivity contribution is -0.135. The maximum Gasteiger partial charge on any atom is 0.250 e. The van der Waals surface area contributed by atoms with Gasteiger partial charge in [0.05, 0.1) is 12.6 Å². The number of hydrogen-bond donors (Lipinski definition) is 1. The zero-order valence-corrected chi connectivity index (χ0v) is 11.9. The lowest BCUT2D eigenvalue weighted by Crippen LogP contribution is -2.42. The van der Waals surface area contributed by atoms with Crippen molar-refractivity contribution in [2.24, 2.45) is 0 Å². The van der Waals surface area contributed by atoms with Gasteiger partial charge in [0, 0.05) is 18.9 Å². The fraction of sp³-hybridized carbons (Fsp3) is 0.353. The molecule has 0 radical (unpaired) electrons. The molecule has 1 aromatic carbocycles. The minimum Gasteiger partial charge on any atom is -0.394 e. The summed E-state index contributed by atoms with van der Waals surface area (Å²) in [7, 11) is 0. The largest absolute Gasteiger partial charge is 0.394 e. The summed E-state index contributed by atoms with van der Waals surface area (Å²) in [4.78, 5) is 14.8. The van der Waals surface area contributed by atoms with Crippen molar-refractivity contribution in [3.05, 3.63) is 60.4 Å². The summed E-state index contributed by atoms with van der Waals surface area (Å²) in [6.45, 7) is 0.771. The average molecular weight is 284 g/mol. The molecule has 1 N–H and O–H groups in total. The number of carbonyl (C=O) groups excluding carboxylic acids is 1. The zero-order chi connectivity index (χ0) is 14.7. The molecular formula is C17H20N2O2. The second kappa shape index (κ2) is 6.14. The number of aromatic nitrogens is 1. The Morgan fingerprint density at radius 3 is 2.57 bits per heavy atom. The number of amides is 1. The van der Waals surface area contributed by atoms with Gasteiger partial charge in [-0.1, -0.05) is 30.3 Å². The molecule has 4 nitrogen and oxygen atoms in total. The molecule has 1 aliphatic rings. The van der Waals surface area contributed by atoms with Crippen LogP contribution in [0.1, 0.15) is 24.4 Å². The first-order chi connectivity index (χ1) is 10.3. The quantitative estimate of drug-likeness (QED) is 0.934. The van der Waals surface area contributed by atoms with Gasteiger partial charge in [0.2, 0.25) is 0 Å². The average Bonchev–Trinajstić information content (AvgIpc) is 3.19. The Morgan fingerprint density at radius 2 is 1.90 bits per heavy atom. The Bertz CT molecular complexity index is 580. The summed E-state index contributed by atoms with van der Waals surface area (Å²) in [5, 5.41) is 9.47. The predicted molar refractivity (Wildman–Crippen MR) is 80.8 cm³/mol. The van der Waals surface area contributed by atoms with E-state index in [1.54, 1.807) is 0 Å². The van der Waals surface area contributed by atoms with Crippen molar-refractivity contribution >= 4 is 5.91 Å². The number of benzene rings is 1. The predicted octanol–water partition coefficient (Wildman–Crippen LogP) is 2.06. The number of rotatable bonds is 4. The van der Waals surface area contributed by atoms with Crippen molar-refractivity contribution < 1.29 is 9.90 Å². The number of hydrogen-bond acceptors (Lipinski definition) is 2. The second-order valence-corrected chi connectivity index (χ2v) is 5.45. The maximum atomic E-state index is 13.0. The monoisotopic (exact) mass is 284 g/mol. The van der Waals surface area contributed by atoms with Gasteiger partial charge in [-0.25, -0.2) is 0 Å². The topological polar surface area (TPSA) is 45.5 Å². The van der Waals surface area contributed by atoms with Crippen LogP contribution in [0.2, 0.25) is 0 Å². The number of nitrogens with zero attached hydrogens (tertiary/aromatic N) is 2. The van der Waals surface area contributed by atoms with Crippen LogP contribution < -0.4 is 0 Å². The van der Waals surface area contributed by atoms with E-state index in [2.05, 4.69) is 0 Å². The van der Waals surface area contributed by atoms with E-state index in [0.717, 1.165) is 24.9 Å². The fourth-order valence-corrected chi connectivity index (χ4v) is 3.07. The van der Waals surface area contributed by atoms with Crippen LogP contribution in [-0.4, -0.2) is 39.7 Å². The summed E-state index contributed by atoms with van der Waals surface area (Å²) in [5.41, 5.74) is 0.974. The minimum absolute atomic E-state index is 0.0406. The lowest BCUT2D eigenvalue weighted by atomic mass is 10.0. The molecular weight excluding hydrogens is 264 g/mol. The third kappa shape index (κ3) is 2.72. The van der Waals surface area contributed by atoms with Gasteiger partial charge in [-0.3, -0.25) is 4.79 Å². The van der Waals surface area contributed by atoms with Crippen LogP contribution in [0.5, 0.6) is 0 Å². The molecule has 1 amide bonds. The fourth-order valence-electron chi connectivity index (χ4n) is 3.07. The molecule has 21 heavy (non-hydrogen) atoms. The van der Waals surface area contributed by atoms with E-state index in [-0.39, 0.29) is 24.6 Å². The number of aliphatic hydroxyl groups is 1. The Labute approximate surface area is 124 Å². The summed E-state index contributed by atoms with van der Waals surface area (Å²) in [6.07, 6.45) is 5.68. The van der Waals surface area contributed by atoms with E-state index in [1.807, 2.05) is 64.3 Å². The molecule has 0 saturated carbocycles. The molecule has 0 aliphatic carbocycles. The van der Waals surface area contributed by atoms with Gasteiger partial charge in [-0.15, -0.1) is 0 Å². The van der Waals surface area contributed by atoms with Crippen LogP contribution in [0.3, 0.4) is 0 Å². The minimum atomic E-state index is -0.353. The Hall–Kier alpha value is -2.07. The Morgan fingerprint density at radius 1 is 1.19 bits per heavy atom.